The summed E-state index contributed by atoms with van der Waals surface area (Å²) in [4.78, 5) is 1.58. The summed E-state index contributed by atoms with van der Waals surface area (Å²) in [5.74, 6) is 0.243. The summed E-state index contributed by atoms with van der Waals surface area (Å²) in [6.45, 7) is 2.45. The maximum absolute atomic E-state index is 10.4. The molecular weight excluding hydrogens is 230 g/mol. The molecule has 6 heteroatoms. The van der Waals surface area contributed by atoms with E-state index in [0.29, 0.717) is 6.04 Å². The molecule has 2 saturated heterocycles. The van der Waals surface area contributed by atoms with Gasteiger partial charge in [-0.05, 0) is 32.1 Å². The number of quaternary nitrogens is 1. The smallest absolute Gasteiger partial charge is 0.217 e. The molecule has 0 bridgehead atoms. The predicted octanol–water partition coefficient (Wildman–Crippen LogP) is -0.689. The molecule has 0 spiro atoms. The van der Waals surface area contributed by atoms with Crippen LogP contribution < -0.4 is 4.90 Å². The number of rotatable bonds is 3. The molecule has 5 nitrogen and oxygen atoms in total. The summed E-state index contributed by atoms with van der Waals surface area (Å²) >= 11 is 0. The molecule has 16 heavy (non-hydrogen) atoms. The average molecular weight is 249 g/mol. The third kappa shape index (κ3) is 3.16. The van der Waals surface area contributed by atoms with E-state index in [4.69, 9.17) is 0 Å². The average Bonchev–Trinajstić information content (AvgIpc) is 2.25. The fourth-order valence-electron chi connectivity index (χ4n) is 3.15. The van der Waals surface area contributed by atoms with Crippen LogP contribution in [0.5, 0.6) is 0 Å². The lowest BCUT2D eigenvalue weighted by Gasteiger charge is -2.41. The van der Waals surface area contributed by atoms with Crippen molar-refractivity contribution >= 4 is 10.4 Å². The molecule has 0 aromatic heterocycles. The molecule has 0 saturated carbocycles. The molecule has 2 aliphatic heterocycles. The van der Waals surface area contributed by atoms with Crippen LogP contribution in [0.2, 0.25) is 0 Å². The highest BCUT2D eigenvalue weighted by Crippen LogP contribution is 2.20. The van der Waals surface area contributed by atoms with E-state index in [0.717, 1.165) is 19.3 Å². The van der Waals surface area contributed by atoms with Crippen LogP contribution in [0.4, 0.5) is 0 Å². The quantitative estimate of drug-likeness (QED) is 0.531. The number of hydrogen-bond donors (Lipinski definition) is 1. The van der Waals surface area contributed by atoms with Crippen molar-refractivity contribution in [1.82, 2.24) is 0 Å². The summed E-state index contributed by atoms with van der Waals surface area (Å²) in [7, 11) is -4.52. The first-order valence-electron chi connectivity index (χ1n) is 6.01. The minimum absolute atomic E-state index is 0.0833. The highest BCUT2D eigenvalue weighted by atomic mass is 32.3. The SMILES string of the molecule is O=S(=O)([O-])OC[C@@H]1CCC[NH+]2CCCC[C@@H]12. The number of hydrogen-bond acceptors (Lipinski definition) is 4. The van der Waals surface area contributed by atoms with E-state index in [1.54, 1.807) is 4.90 Å². The monoisotopic (exact) mass is 249 g/mol. The van der Waals surface area contributed by atoms with Gasteiger partial charge in [0, 0.05) is 5.92 Å². The summed E-state index contributed by atoms with van der Waals surface area (Å²) in [5, 5.41) is 0. The highest BCUT2D eigenvalue weighted by molar-refractivity contribution is 7.80. The van der Waals surface area contributed by atoms with Crippen LogP contribution in [0.1, 0.15) is 32.1 Å². The van der Waals surface area contributed by atoms with Crippen molar-refractivity contribution in [1.29, 1.82) is 0 Å². The van der Waals surface area contributed by atoms with Crippen LogP contribution in [0.25, 0.3) is 0 Å². The molecule has 0 aromatic rings. The summed E-state index contributed by atoms with van der Waals surface area (Å²) < 4.78 is 35.8. The Kier molecular flexibility index (Phi) is 3.84. The Hall–Kier alpha value is -0.170. The minimum Gasteiger partial charge on any atom is -0.726 e. The third-order valence-electron chi connectivity index (χ3n) is 3.86. The Morgan fingerprint density at radius 3 is 2.69 bits per heavy atom. The number of fused-ring (bicyclic) bond motifs is 1. The Morgan fingerprint density at radius 2 is 1.94 bits per heavy atom. The van der Waals surface area contributed by atoms with E-state index in [1.165, 1.54) is 25.9 Å². The molecule has 0 aromatic carbocycles. The number of nitrogens with one attached hydrogen (secondary N) is 1. The Labute approximate surface area is 96.7 Å². The first kappa shape index (κ1) is 12.3. The molecule has 3 atom stereocenters. The Bertz CT molecular complexity index is 328. The van der Waals surface area contributed by atoms with Gasteiger partial charge in [0.25, 0.3) is 0 Å². The molecule has 1 N–H and O–H groups in total. The van der Waals surface area contributed by atoms with Gasteiger partial charge in [0.1, 0.15) is 0 Å². The third-order valence-corrected chi connectivity index (χ3v) is 4.28. The standard InChI is InChI=1S/C10H19NO4S/c12-16(13,14)15-8-9-4-3-7-11-6-2-1-5-10(9)11/h9-10H,1-8H2,(H,12,13,14)/t9-,10-/m0/s1. The second-order valence-corrected chi connectivity index (χ2v) is 5.91. The second kappa shape index (κ2) is 5.00. The van der Waals surface area contributed by atoms with Gasteiger partial charge in [0.2, 0.25) is 10.4 Å². The summed E-state index contributed by atoms with van der Waals surface area (Å²) in [6.07, 6.45) is 5.72. The van der Waals surface area contributed by atoms with Gasteiger partial charge in [0.05, 0.1) is 25.7 Å². The highest BCUT2D eigenvalue weighted by Gasteiger charge is 2.36. The van der Waals surface area contributed by atoms with E-state index >= 15 is 0 Å². The lowest BCUT2D eigenvalue weighted by Crippen LogP contribution is -3.18. The van der Waals surface area contributed by atoms with Crippen LogP contribution >= 0.6 is 0 Å². The van der Waals surface area contributed by atoms with Crippen molar-refractivity contribution in [3.63, 3.8) is 0 Å². The van der Waals surface area contributed by atoms with Gasteiger partial charge in [-0.2, -0.15) is 0 Å². The lowest BCUT2D eigenvalue weighted by atomic mass is 9.84. The van der Waals surface area contributed by atoms with Crippen LogP contribution in [-0.4, -0.2) is 38.7 Å². The van der Waals surface area contributed by atoms with Gasteiger partial charge in [-0.15, -0.1) is 0 Å². The second-order valence-electron chi connectivity index (χ2n) is 4.86. The van der Waals surface area contributed by atoms with E-state index in [1.807, 2.05) is 0 Å². The van der Waals surface area contributed by atoms with Crippen LogP contribution in [0, 0.1) is 5.92 Å². The van der Waals surface area contributed by atoms with Crippen molar-refractivity contribution in [2.24, 2.45) is 5.92 Å². The first-order valence-corrected chi connectivity index (χ1v) is 7.34. The Morgan fingerprint density at radius 1 is 1.19 bits per heavy atom. The van der Waals surface area contributed by atoms with Crippen LogP contribution in [0.15, 0.2) is 0 Å². The first-order chi connectivity index (χ1) is 7.56. The van der Waals surface area contributed by atoms with Gasteiger partial charge in [-0.3, -0.25) is 4.18 Å². The molecule has 1 unspecified atom stereocenters. The largest absolute Gasteiger partial charge is 0.726 e. The van der Waals surface area contributed by atoms with E-state index in [2.05, 4.69) is 4.18 Å². The Balaban J connectivity index is 1.92. The maximum Gasteiger partial charge on any atom is 0.217 e. The zero-order valence-corrected chi connectivity index (χ0v) is 10.2. The topological polar surface area (TPSA) is 70.9 Å². The molecular formula is C10H19NO4S. The fourth-order valence-corrected chi connectivity index (χ4v) is 3.49. The van der Waals surface area contributed by atoms with E-state index in [-0.39, 0.29) is 12.5 Å². The van der Waals surface area contributed by atoms with E-state index in [9.17, 15) is 13.0 Å². The van der Waals surface area contributed by atoms with Crippen molar-refractivity contribution in [3.05, 3.63) is 0 Å². The fraction of sp³-hybridized carbons (Fsp3) is 1.00. The van der Waals surface area contributed by atoms with Gasteiger partial charge in [-0.25, -0.2) is 8.42 Å². The van der Waals surface area contributed by atoms with Crippen LogP contribution in [0.3, 0.4) is 0 Å². The maximum atomic E-state index is 10.4. The van der Waals surface area contributed by atoms with E-state index < -0.39 is 10.4 Å². The molecule has 2 heterocycles. The zero-order chi connectivity index (χ0) is 11.6. The molecule has 94 valence electrons. The van der Waals surface area contributed by atoms with Gasteiger partial charge < -0.3 is 9.45 Å². The molecule has 0 aliphatic carbocycles. The molecule has 0 radical (unpaired) electrons. The van der Waals surface area contributed by atoms with Crippen LogP contribution in [-0.2, 0) is 14.6 Å². The van der Waals surface area contributed by atoms with Crippen molar-refractivity contribution in [2.75, 3.05) is 19.7 Å². The molecule has 2 fully saturated rings. The van der Waals surface area contributed by atoms with Gasteiger partial charge in [-0.1, -0.05) is 0 Å². The van der Waals surface area contributed by atoms with Gasteiger partial charge >= 0.3 is 0 Å². The normalized spacial score (nSPS) is 35.7. The molecule has 0 amide bonds. The molecule has 2 rings (SSSR count). The molecule has 2 aliphatic rings. The van der Waals surface area contributed by atoms with Crippen molar-refractivity contribution in [2.45, 2.75) is 38.1 Å². The minimum atomic E-state index is -4.52. The summed E-state index contributed by atoms with van der Waals surface area (Å²) in [6, 6.07) is 0.504. The zero-order valence-electron chi connectivity index (χ0n) is 9.35. The van der Waals surface area contributed by atoms with Crippen molar-refractivity contribution in [3.8, 4) is 0 Å². The number of piperidine rings is 2. The summed E-state index contributed by atoms with van der Waals surface area (Å²) in [5.41, 5.74) is 0. The lowest BCUT2D eigenvalue weighted by molar-refractivity contribution is -0.940. The van der Waals surface area contributed by atoms with Gasteiger partial charge in [0.15, 0.2) is 0 Å². The van der Waals surface area contributed by atoms with Crippen molar-refractivity contribution < 1.29 is 22.1 Å². The predicted molar refractivity (Wildman–Crippen MR) is 56.7 cm³/mol.